The van der Waals surface area contributed by atoms with Gasteiger partial charge in [-0.15, -0.1) is 10.2 Å². The Bertz CT molecular complexity index is 1230. The molecule has 0 amide bonds. The first-order valence-corrected chi connectivity index (χ1v) is 12.5. The zero-order valence-electron chi connectivity index (χ0n) is 19.4. The fourth-order valence-electron chi connectivity index (χ4n) is 3.65. The maximum absolute atomic E-state index is 13.1. The predicted molar refractivity (Wildman–Crippen MR) is 127 cm³/mol. The Morgan fingerprint density at radius 3 is 2.40 bits per heavy atom. The maximum atomic E-state index is 13.1. The van der Waals surface area contributed by atoms with Crippen LogP contribution in [0, 0.1) is 6.92 Å². The molecule has 0 spiro atoms. The number of nitrogen functional groups attached to an aromatic ring is 1. The van der Waals surface area contributed by atoms with E-state index >= 15 is 0 Å². The molecule has 190 valence electrons. The van der Waals surface area contributed by atoms with Gasteiger partial charge in [-0.3, -0.25) is 4.72 Å². The summed E-state index contributed by atoms with van der Waals surface area (Å²) in [5.74, 6) is 0.128. The third-order valence-electron chi connectivity index (χ3n) is 5.51. The van der Waals surface area contributed by atoms with Gasteiger partial charge in [0.15, 0.2) is 5.03 Å². The van der Waals surface area contributed by atoms with Crippen LogP contribution in [0.25, 0.3) is 11.3 Å². The minimum atomic E-state index is -4.66. The van der Waals surface area contributed by atoms with Crippen molar-refractivity contribution in [2.45, 2.75) is 44.3 Å². The number of nitrogens with one attached hydrogen (secondary N) is 2. The fourth-order valence-corrected chi connectivity index (χ4v) is 4.62. The molecule has 1 saturated heterocycles. The normalized spacial score (nSPS) is 14.8. The lowest BCUT2D eigenvalue weighted by Crippen LogP contribution is -2.29. The second-order valence-corrected chi connectivity index (χ2v) is 9.73. The molecule has 2 aromatic heterocycles. The van der Waals surface area contributed by atoms with Gasteiger partial charge in [-0.25, -0.2) is 4.98 Å². The summed E-state index contributed by atoms with van der Waals surface area (Å²) in [6.45, 7) is 7.81. The molecule has 9 nitrogen and oxygen atoms in total. The van der Waals surface area contributed by atoms with E-state index in [2.05, 4.69) is 36.7 Å². The number of nitrogens with zero attached hydrogens (tertiary/aromatic N) is 4. The van der Waals surface area contributed by atoms with Gasteiger partial charge in [0.25, 0.3) is 10.0 Å². The minimum Gasteiger partial charge on any atom is -0.382 e. The molecule has 0 aliphatic carbocycles. The molecule has 0 saturated carbocycles. The monoisotopic (exact) mass is 511 g/mol. The third kappa shape index (κ3) is 6.92. The molecular formula is C22H28F3N7O2S. The Hall–Kier alpha value is -3.19. The van der Waals surface area contributed by atoms with Gasteiger partial charge in [0.2, 0.25) is 0 Å². The molecular weight excluding hydrogens is 483 g/mol. The number of imidazole rings is 1. The number of aromatic nitrogens is 4. The Morgan fingerprint density at radius 1 is 1.14 bits per heavy atom. The summed E-state index contributed by atoms with van der Waals surface area (Å²) in [6, 6.07) is 4.13. The third-order valence-corrected chi connectivity index (χ3v) is 6.80. The SMILES string of the molecule is CCN1CCCCC1.Cc1cc(N)nnc1-c1ccc(C(F)(F)F)cc1NS(=O)(=O)c1cnc[nH]1. The topological polar surface area (TPSA) is 130 Å². The summed E-state index contributed by atoms with van der Waals surface area (Å²) in [4.78, 5) is 8.51. The quantitative estimate of drug-likeness (QED) is 0.471. The molecule has 0 bridgehead atoms. The van der Waals surface area contributed by atoms with E-state index in [4.69, 9.17) is 5.73 Å². The standard InChI is InChI=1S/C15H13F3N6O2S.C7H15N/c1-8-4-12(19)22-23-14(8)10-3-2-9(15(16,17)18)5-11(10)24-27(25,26)13-6-20-7-21-13;1-2-8-6-4-3-5-7-8/h2-7,24H,1H3,(H2,19,22)(H,20,21);2-7H2,1H3. The van der Waals surface area contributed by atoms with Crippen molar-refractivity contribution in [3.63, 3.8) is 0 Å². The molecule has 4 rings (SSSR count). The van der Waals surface area contributed by atoms with Gasteiger partial charge in [0.1, 0.15) is 5.82 Å². The molecule has 4 N–H and O–H groups in total. The number of anilines is 2. The van der Waals surface area contributed by atoms with Crippen LogP contribution in [0.1, 0.15) is 37.3 Å². The molecule has 0 radical (unpaired) electrons. The maximum Gasteiger partial charge on any atom is 0.416 e. The first-order valence-electron chi connectivity index (χ1n) is 11.1. The predicted octanol–water partition coefficient (Wildman–Crippen LogP) is 4.07. The number of halogens is 3. The van der Waals surface area contributed by atoms with Crippen molar-refractivity contribution in [1.29, 1.82) is 0 Å². The van der Waals surface area contributed by atoms with E-state index < -0.39 is 21.8 Å². The highest BCUT2D eigenvalue weighted by molar-refractivity contribution is 7.92. The number of hydrogen-bond donors (Lipinski definition) is 3. The Morgan fingerprint density at radius 2 is 1.86 bits per heavy atom. The molecule has 13 heteroatoms. The van der Waals surface area contributed by atoms with E-state index in [-0.39, 0.29) is 27.8 Å². The van der Waals surface area contributed by atoms with Crippen LogP contribution < -0.4 is 10.5 Å². The van der Waals surface area contributed by atoms with Crippen LogP contribution in [-0.4, -0.2) is 53.1 Å². The van der Waals surface area contributed by atoms with Crippen molar-refractivity contribution in [2.24, 2.45) is 0 Å². The lowest BCUT2D eigenvalue weighted by molar-refractivity contribution is -0.137. The van der Waals surface area contributed by atoms with Crippen LogP contribution in [-0.2, 0) is 16.2 Å². The van der Waals surface area contributed by atoms with Gasteiger partial charge in [-0.1, -0.05) is 19.4 Å². The second-order valence-electron chi connectivity index (χ2n) is 8.08. The molecule has 1 fully saturated rings. The Balaban J connectivity index is 0.000000363. The van der Waals surface area contributed by atoms with E-state index in [1.165, 1.54) is 45.0 Å². The summed E-state index contributed by atoms with van der Waals surface area (Å²) >= 11 is 0. The molecule has 35 heavy (non-hydrogen) atoms. The number of likely N-dealkylation sites (tertiary alicyclic amines) is 1. The molecule has 0 atom stereocenters. The summed E-state index contributed by atoms with van der Waals surface area (Å²) in [7, 11) is -4.19. The first kappa shape index (κ1) is 26.4. The number of aryl methyl sites for hydroxylation is 1. The molecule has 3 aromatic rings. The van der Waals surface area contributed by atoms with Crippen LogP contribution >= 0.6 is 0 Å². The van der Waals surface area contributed by atoms with Gasteiger partial charge in [-0.05, 0) is 63.2 Å². The van der Waals surface area contributed by atoms with Crippen LogP contribution in [0.4, 0.5) is 24.7 Å². The Kier molecular flexibility index (Phi) is 8.33. The summed E-state index contributed by atoms with van der Waals surface area (Å²) in [5.41, 5.74) is 5.06. The van der Waals surface area contributed by atoms with Crippen LogP contribution in [0.5, 0.6) is 0 Å². The average molecular weight is 512 g/mol. The zero-order chi connectivity index (χ0) is 25.6. The van der Waals surface area contributed by atoms with Crippen molar-refractivity contribution in [2.75, 3.05) is 30.1 Å². The number of sulfonamides is 1. The first-order chi connectivity index (χ1) is 16.5. The number of hydrogen-bond acceptors (Lipinski definition) is 7. The number of benzene rings is 1. The van der Waals surface area contributed by atoms with Gasteiger partial charge in [0, 0.05) is 5.56 Å². The van der Waals surface area contributed by atoms with Gasteiger partial charge < -0.3 is 15.6 Å². The molecule has 3 heterocycles. The number of aromatic amines is 1. The summed E-state index contributed by atoms with van der Waals surface area (Å²) in [6.07, 6.45) is 1.81. The largest absolute Gasteiger partial charge is 0.416 e. The number of rotatable bonds is 5. The van der Waals surface area contributed by atoms with Crippen LogP contribution in [0.3, 0.4) is 0 Å². The molecule has 1 aliphatic rings. The van der Waals surface area contributed by atoms with E-state index in [0.717, 1.165) is 24.7 Å². The molecule has 1 aromatic carbocycles. The minimum absolute atomic E-state index is 0.121. The van der Waals surface area contributed by atoms with E-state index in [0.29, 0.717) is 11.6 Å². The van der Waals surface area contributed by atoms with Gasteiger partial charge in [0.05, 0.1) is 29.5 Å². The highest BCUT2D eigenvalue weighted by atomic mass is 32.2. The fraction of sp³-hybridized carbons (Fsp3) is 0.409. The van der Waals surface area contributed by atoms with Crippen LogP contribution in [0.2, 0.25) is 0 Å². The zero-order valence-corrected chi connectivity index (χ0v) is 20.2. The van der Waals surface area contributed by atoms with Crippen molar-refractivity contribution < 1.29 is 21.6 Å². The number of piperidine rings is 1. The molecule has 0 unspecified atom stereocenters. The van der Waals surface area contributed by atoms with Crippen molar-refractivity contribution in [1.82, 2.24) is 25.1 Å². The van der Waals surface area contributed by atoms with Crippen molar-refractivity contribution >= 4 is 21.5 Å². The number of H-pyrrole nitrogens is 1. The summed E-state index contributed by atoms with van der Waals surface area (Å²) in [5, 5.41) is 7.27. The lowest BCUT2D eigenvalue weighted by Gasteiger charge is -2.24. The second kappa shape index (κ2) is 11.0. The lowest BCUT2D eigenvalue weighted by atomic mass is 10.0. The van der Waals surface area contributed by atoms with Crippen molar-refractivity contribution in [3.05, 3.63) is 47.9 Å². The Labute approximate surface area is 202 Å². The van der Waals surface area contributed by atoms with Crippen LogP contribution in [0.15, 0.2) is 41.8 Å². The molecule has 1 aliphatic heterocycles. The van der Waals surface area contributed by atoms with Gasteiger partial charge in [-0.2, -0.15) is 21.6 Å². The number of nitrogens with two attached hydrogens (primary N) is 1. The highest BCUT2D eigenvalue weighted by Gasteiger charge is 2.32. The number of alkyl halides is 3. The van der Waals surface area contributed by atoms with E-state index in [1.807, 2.05) is 0 Å². The van der Waals surface area contributed by atoms with Gasteiger partial charge >= 0.3 is 6.18 Å². The summed E-state index contributed by atoms with van der Waals surface area (Å²) < 4.78 is 66.3. The highest BCUT2D eigenvalue weighted by Crippen LogP contribution is 2.37. The van der Waals surface area contributed by atoms with Crippen molar-refractivity contribution in [3.8, 4) is 11.3 Å². The van der Waals surface area contributed by atoms with E-state index in [1.54, 1.807) is 6.92 Å². The smallest absolute Gasteiger partial charge is 0.382 e. The average Bonchev–Trinajstić information content (AvgIpc) is 3.36. The van der Waals surface area contributed by atoms with E-state index in [9.17, 15) is 21.6 Å².